The van der Waals surface area contributed by atoms with Crippen LogP contribution in [-0.4, -0.2) is 0 Å². The third-order valence-electron chi connectivity index (χ3n) is 1.77. The lowest BCUT2D eigenvalue weighted by molar-refractivity contribution is 0.868. The Balaban J connectivity index is 3.27. The summed E-state index contributed by atoms with van der Waals surface area (Å²) < 4.78 is 0. The molecule has 0 radical (unpaired) electrons. The molecule has 0 amide bonds. The first-order valence-electron chi connectivity index (χ1n) is 5.28. The molecule has 1 heteroatoms. The Bertz CT molecular complexity index is 228. The highest BCUT2D eigenvalue weighted by Crippen LogP contribution is 1.98. The molecule has 0 rings (SSSR count). The van der Waals surface area contributed by atoms with E-state index in [4.69, 9.17) is 5.26 Å². The van der Waals surface area contributed by atoms with Crippen LogP contribution in [0.15, 0.2) is 36.5 Å². The van der Waals surface area contributed by atoms with Gasteiger partial charge in [0.25, 0.3) is 0 Å². The van der Waals surface area contributed by atoms with E-state index in [1.165, 1.54) is 6.42 Å². The molecule has 0 saturated heterocycles. The Labute approximate surface area is 87.4 Å². The topological polar surface area (TPSA) is 23.8 Å². The summed E-state index contributed by atoms with van der Waals surface area (Å²) in [7, 11) is 0. The third kappa shape index (κ3) is 10.7. The van der Waals surface area contributed by atoms with Gasteiger partial charge in [-0.25, -0.2) is 0 Å². The van der Waals surface area contributed by atoms with E-state index in [0.717, 1.165) is 25.7 Å². The Morgan fingerprint density at radius 1 is 1.00 bits per heavy atom. The molecule has 0 aromatic rings. The Morgan fingerprint density at radius 2 is 1.64 bits per heavy atom. The summed E-state index contributed by atoms with van der Waals surface area (Å²) in [6, 6.07) is 1.98. The highest BCUT2D eigenvalue weighted by Gasteiger charge is 1.79. The maximum absolute atomic E-state index is 8.23. The van der Waals surface area contributed by atoms with Gasteiger partial charge in [0.05, 0.1) is 6.07 Å². The van der Waals surface area contributed by atoms with Gasteiger partial charge in [-0.05, 0) is 25.7 Å². The van der Waals surface area contributed by atoms with Crippen molar-refractivity contribution in [1.29, 1.82) is 5.26 Å². The van der Waals surface area contributed by atoms with Crippen molar-refractivity contribution < 1.29 is 0 Å². The van der Waals surface area contributed by atoms with E-state index in [9.17, 15) is 0 Å². The van der Waals surface area contributed by atoms with Gasteiger partial charge < -0.3 is 0 Å². The van der Waals surface area contributed by atoms with Crippen LogP contribution in [-0.2, 0) is 0 Å². The van der Waals surface area contributed by atoms with Crippen molar-refractivity contribution in [3.05, 3.63) is 36.5 Å². The molecule has 0 bridgehead atoms. The number of hydrogen-bond donors (Lipinski definition) is 0. The fourth-order valence-electron chi connectivity index (χ4n) is 1.01. The van der Waals surface area contributed by atoms with Gasteiger partial charge in [-0.15, -0.1) is 0 Å². The van der Waals surface area contributed by atoms with Gasteiger partial charge in [0.15, 0.2) is 0 Å². The molecular formula is C13H19N. The summed E-state index contributed by atoms with van der Waals surface area (Å²) >= 11 is 0. The maximum Gasteiger partial charge on any atom is 0.0908 e. The van der Waals surface area contributed by atoms with E-state index >= 15 is 0 Å². The second-order valence-corrected chi connectivity index (χ2v) is 3.11. The molecule has 14 heavy (non-hydrogen) atoms. The molecule has 0 aliphatic rings. The molecule has 1 nitrogen and oxygen atoms in total. The van der Waals surface area contributed by atoms with Crippen LogP contribution in [0.25, 0.3) is 0 Å². The second kappa shape index (κ2) is 11.7. The van der Waals surface area contributed by atoms with Gasteiger partial charge in [-0.3, -0.25) is 0 Å². The molecule has 0 fully saturated rings. The first kappa shape index (κ1) is 12.7. The highest BCUT2D eigenvalue weighted by molar-refractivity contribution is 5.03. The SMILES string of the molecule is CCC/C=C/C=C/CCC/C=C/C#N. The van der Waals surface area contributed by atoms with Gasteiger partial charge in [0.1, 0.15) is 0 Å². The molecule has 76 valence electrons. The number of rotatable bonds is 7. The van der Waals surface area contributed by atoms with Crippen LogP contribution in [0.1, 0.15) is 39.0 Å². The van der Waals surface area contributed by atoms with E-state index < -0.39 is 0 Å². The van der Waals surface area contributed by atoms with E-state index in [1.807, 2.05) is 12.1 Å². The average Bonchev–Trinajstić information content (AvgIpc) is 2.21. The molecule has 0 unspecified atom stereocenters. The molecule has 0 saturated carbocycles. The van der Waals surface area contributed by atoms with Crippen LogP contribution in [0.4, 0.5) is 0 Å². The molecule has 0 heterocycles. The van der Waals surface area contributed by atoms with E-state index in [1.54, 1.807) is 6.08 Å². The van der Waals surface area contributed by atoms with Gasteiger partial charge in [-0.2, -0.15) is 5.26 Å². The lowest BCUT2D eigenvalue weighted by Crippen LogP contribution is -1.68. The lowest BCUT2D eigenvalue weighted by Gasteiger charge is -1.87. The van der Waals surface area contributed by atoms with Gasteiger partial charge >= 0.3 is 0 Å². The molecule has 0 aromatic heterocycles. The summed E-state index contributed by atoms with van der Waals surface area (Å²) in [5.74, 6) is 0. The standard InChI is InChI=1S/C13H19N/c1-2-3-4-5-6-7-8-9-10-11-12-13-14/h4-7,11-12H,2-3,8-10H2,1H3/b5-4+,7-6+,12-11+. The van der Waals surface area contributed by atoms with E-state index in [2.05, 4.69) is 31.2 Å². The van der Waals surface area contributed by atoms with Crippen LogP contribution in [0, 0.1) is 11.3 Å². The zero-order valence-electron chi connectivity index (χ0n) is 8.95. The van der Waals surface area contributed by atoms with Crippen LogP contribution in [0.5, 0.6) is 0 Å². The summed E-state index contributed by atoms with van der Waals surface area (Å²) in [4.78, 5) is 0. The van der Waals surface area contributed by atoms with Crippen molar-refractivity contribution in [2.75, 3.05) is 0 Å². The van der Waals surface area contributed by atoms with Gasteiger partial charge in [0, 0.05) is 6.08 Å². The van der Waals surface area contributed by atoms with Crippen molar-refractivity contribution >= 4 is 0 Å². The molecule has 0 N–H and O–H groups in total. The minimum Gasteiger partial charge on any atom is -0.193 e. The average molecular weight is 189 g/mol. The van der Waals surface area contributed by atoms with Gasteiger partial charge in [-0.1, -0.05) is 43.7 Å². The minimum absolute atomic E-state index is 0.997. The van der Waals surface area contributed by atoms with Crippen LogP contribution >= 0.6 is 0 Å². The summed E-state index contributed by atoms with van der Waals surface area (Å²) in [5, 5.41) is 8.23. The fourth-order valence-corrected chi connectivity index (χ4v) is 1.01. The predicted octanol–water partition coefficient (Wildman–Crippen LogP) is 4.15. The zero-order chi connectivity index (χ0) is 10.5. The Hall–Kier alpha value is -1.29. The van der Waals surface area contributed by atoms with Crippen LogP contribution < -0.4 is 0 Å². The van der Waals surface area contributed by atoms with Crippen molar-refractivity contribution in [3.8, 4) is 6.07 Å². The minimum atomic E-state index is 0.997. The molecule has 0 spiro atoms. The van der Waals surface area contributed by atoms with Crippen molar-refractivity contribution in [2.45, 2.75) is 39.0 Å². The van der Waals surface area contributed by atoms with E-state index in [0.29, 0.717) is 0 Å². The van der Waals surface area contributed by atoms with Crippen molar-refractivity contribution in [3.63, 3.8) is 0 Å². The van der Waals surface area contributed by atoms with Crippen molar-refractivity contribution in [2.24, 2.45) is 0 Å². The number of unbranched alkanes of at least 4 members (excludes halogenated alkanes) is 3. The van der Waals surface area contributed by atoms with Crippen LogP contribution in [0.2, 0.25) is 0 Å². The second-order valence-electron chi connectivity index (χ2n) is 3.11. The quantitative estimate of drug-likeness (QED) is 0.335. The first-order chi connectivity index (χ1) is 6.91. The monoisotopic (exact) mass is 189 g/mol. The molecular weight excluding hydrogens is 170 g/mol. The predicted molar refractivity (Wildman–Crippen MR) is 61.8 cm³/mol. The summed E-state index contributed by atoms with van der Waals surface area (Å²) in [5.41, 5.74) is 0. The molecule has 0 atom stereocenters. The smallest absolute Gasteiger partial charge is 0.0908 e. The molecule has 0 aliphatic carbocycles. The number of hydrogen-bond acceptors (Lipinski definition) is 1. The molecule has 0 aliphatic heterocycles. The fraction of sp³-hybridized carbons (Fsp3) is 0.462. The lowest BCUT2D eigenvalue weighted by atomic mass is 10.2. The first-order valence-corrected chi connectivity index (χ1v) is 5.28. The molecule has 0 aromatic carbocycles. The summed E-state index contributed by atoms with van der Waals surface area (Å²) in [6.45, 7) is 2.18. The maximum atomic E-state index is 8.23. The summed E-state index contributed by atoms with van der Waals surface area (Å²) in [6.07, 6.45) is 17.6. The largest absolute Gasteiger partial charge is 0.193 e. The van der Waals surface area contributed by atoms with Crippen LogP contribution in [0.3, 0.4) is 0 Å². The Morgan fingerprint density at radius 3 is 2.29 bits per heavy atom. The highest BCUT2D eigenvalue weighted by atomic mass is 14.2. The normalized spacial score (nSPS) is 11.7. The Kier molecular flexibility index (Phi) is 10.6. The van der Waals surface area contributed by atoms with Crippen molar-refractivity contribution in [1.82, 2.24) is 0 Å². The number of nitriles is 1. The zero-order valence-corrected chi connectivity index (χ0v) is 8.95. The number of allylic oxidation sites excluding steroid dienone is 6. The van der Waals surface area contributed by atoms with E-state index in [-0.39, 0.29) is 0 Å². The van der Waals surface area contributed by atoms with Gasteiger partial charge in [0.2, 0.25) is 0 Å². The number of nitrogens with zero attached hydrogens (tertiary/aromatic N) is 1. The third-order valence-corrected chi connectivity index (χ3v) is 1.77.